The van der Waals surface area contributed by atoms with Crippen LogP contribution in [0.2, 0.25) is 0 Å². The lowest BCUT2D eigenvalue weighted by atomic mass is 10.5. The van der Waals surface area contributed by atoms with Crippen molar-refractivity contribution in [1.29, 1.82) is 0 Å². The number of rotatable bonds is 2. The lowest BCUT2D eigenvalue weighted by Crippen LogP contribution is -1.87. The molecule has 0 aliphatic rings. The van der Waals surface area contributed by atoms with Crippen LogP contribution in [0.1, 0.15) is 5.82 Å². The average molecular weight is 128 g/mol. The van der Waals surface area contributed by atoms with Crippen LogP contribution in [0.4, 0.5) is 0 Å². The van der Waals surface area contributed by atoms with Crippen molar-refractivity contribution in [2.75, 3.05) is 0 Å². The van der Waals surface area contributed by atoms with Gasteiger partial charge in [0.1, 0.15) is 0 Å². The lowest BCUT2D eigenvalue weighted by Gasteiger charge is -1.89. The van der Waals surface area contributed by atoms with Crippen LogP contribution in [-0.2, 0) is 4.89 Å². The van der Waals surface area contributed by atoms with Gasteiger partial charge in [-0.2, -0.15) is 5.21 Å². The van der Waals surface area contributed by atoms with Crippen molar-refractivity contribution in [2.24, 2.45) is 0 Å². The molecule has 0 aromatic carbocycles. The summed E-state index contributed by atoms with van der Waals surface area (Å²) in [4.78, 5) is 3.72. The van der Waals surface area contributed by atoms with Gasteiger partial charge in [-0.05, 0) is 11.8 Å². The van der Waals surface area contributed by atoms with E-state index in [1.54, 1.807) is 0 Å². The Balaban J connectivity index is 2.77. The molecule has 0 unspecified atom stereocenters. The van der Waals surface area contributed by atoms with Gasteiger partial charge in [0.05, 0.1) is 0 Å². The normalized spacial score (nSPS) is 9.00. The highest BCUT2D eigenvalue weighted by molar-refractivity contribution is 5.47. The monoisotopic (exact) mass is 128 g/mol. The van der Waals surface area contributed by atoms with Crippen molar-refractivity contribution in [1.82, 2.24) is 20.6 Å². The minimum absolute atomic E-state index is 0.0382. The molecule has 0 amide bonds. The van der Waals surface area contributed by atoms with Gasteiger partial charge < -0.3 is 4.89 Å². The van der Waals surface area contributed by atoms with Gasteiger partial charge in [0.25, 0.3) is 0 Å². The molecule has 0 bridgehead atoms. The van der Waals surface area contributed by atoms with Crippen LogP contribution >= 0.6 is 0 Å². The third-order valence-electron chi connectivity index (χ3n) is 0.705. The summed E-state index contributed by atoms with van der Waals surface area (Å²) in [6, 6.07) is 0. The molecule has 1 heterocycles. The fourth-order valence-corrected chi connectivity index (χ4v) is 0.321. The van der Waals surface area contributed by atoms with Crippen LogP contribution in [0.3, 0.4) is 0 Å². The number of nitrogens with zero attached hydrogens (tertiary/aromatic N) is 3. The van der Waals surface area contributed by atoms with Crippen molar-refractivity contribution in [2.45, 2.75) is 0 Å². The van der Waals surface area contributed by atoms with Gasteiger partial charge in [-0.1, -0.05) is 0 Å². The minimum Gasteiger partial charge on any atom is -0.337 e. The van der Waals surface area contributed by atoms with E-state index in [0.29, 0.717) is 0 Å². The molecule has 0 saturated carbocycles. The van der Waals surface area contributed by atoms with Crippen molar-refractivity contribution >= 4 is 5.76 Å². The Hall–Kier alpha value is -1.43. The first-order chi connectivity index (χ1) is 4.34. The number of H-pyrrole nitrogens is 1. The number of aromatic amines is 1. The van der Waals surface area contributed by atoms with E-state index in [4.69, 9.17) is 5.26 Å². The Labute approximate surface area is 50.1 Å². The van der Waals surface area contributed by atoms with Crippen molar-refractivity contribution in [3.63, 3.8) is 0 Å². The highest BCUT2D eigenvalue weighted by Crippen LogP contribution is 2.01. The van der Waals surface area contributed by atoms with E-state index in [9.17, 15) is 0 Å². The molecule has 0 atom stereocenters. The largest absolute Gasteiger partial charge is 0.337 e. The molecule has 6 heteroatoms. The molecular formula is C3H4N4O2. The van der Waals surface area contributed by atoms with Crippen LogP contribution in [0, 0.1) is 0 Å². The summed E-state index contributed by atoms with van der Waals surface area (Å²) < 4.78 is 0. The lowest BCUT2D eigenvalue weighted by molar-refractivity contribution is -0.170. The van der Waals surface area contributed by atoms with E-state index in [2.05, 4.69) is 32.1 Å². The SMILES string of the molecule is C=C(OO)c1nn[nH]n1. The predicted molar refractivity (Wildman–Crippen MR) is 26.9 cm³/mol. The van der Waals surface area contributed by atoms with Crippen molar-refractivity contribution < 1.29 is 10.1 Å². The number of hydrogen-bond donors (Lipinski definition) is 2. The molecular weight excluding hydrogens is 124 g/mol. The minimum atomic E-state index is -0.0382. The zero-order chi connectivity index (χ0) is 6.69. The number of tetrazole rings is 1. The molecule has 1 aromatic heterocycles. The van der Waals surface area contributed by atoms with Crippen molar-refractivity contribution in [3.8, 4) is 0 Å². The topological polar surface area (TPSA) is 83.9 Å². The number of nitrogens with one attached hydrogen (secondary N) is 1. The molecule has 0 aliphatic heterocycles. The van der Waals surface area contributed by atoms with Crippen LogP contribution in [-0.4, -0.2) is 25.9 Å². The molecule has 2 N–H and O–H groups in total. The molecule has 0 saturated heterocycles. The van der Waals surface area contributed by atoms with Crippen molar-refractivity contribution in [3.05, 3.63) is 12.4 Å². The summed E-state index contributed by atoms with van der Waals surface area (Å²) in [7, 11) is 0. The van der Waals surface area contributed by atoms with Gasteiger partial charge in [0.15, 0.2) is 0 Å². The van der Waals surface area contributed by atoms with Crippen LogP contribution in [0.5, 0.6) is 0 Å². The van der Waals surface area contributed by atoms with Gasteiger partial charge in [-0.25, -0.2) is 5.26 Å². The van der Waals surface area contributed by atoms with E-state index in [-0.39, 0.29) is 11.6 Å². The molecule has 1 rings (SSSR count). The third-order valence-corrected chi connectivity index (χ3v) is 0.705. The molecule has 0 fully saturated rings. The van der Waals surface area contributed by atoms with E-state index >= 15 is 0 Å². The highest BCUT2D eigenvalue weighted by Gasteiger charge is 2.02. The van der Waals surface area contributed by atoms with E-state index in [1.807, 2.05) is 0 Å². The Morgan fingerprint density at radius 2 is 2.56 bits per heavy atom. The molecule has 9 heavy (non-hydrogen) atoms. The quantitative estimate of drug-likeness (QED) is 0.323. The van der Waals surface area contributed by atoms with E-state index < -0.39 is 0 Å². The maximum absolute atomic E-state index is 7.99. The first-order valence-corrected chi connectivity index (χ1v) is 2.08. The smallest absolute Gasteiger partial charge is 0.242 e. The maximum Gasteiger partial charge on any atom is 0.242 e. The van der Waals surface area contributed by atoms with E-state index in [1.165, 1.54) is 0 Å². The highest BCUT2D eigenvalue weighted by atomic mass is 17.1. The molecule has 0 spiro atoms. The molecule has 0 radical (unpaired) electrons. The van der Waals surface area contributed by atoms with Crippen LogP contribution < -0.4 is 0 Å². The van der Waals surface area contributed by atoms with E-state index in [0.717, 1.165) is 0 Å². The number of aromatic nitrogens is 4. The van der Waals surface area contributed by atoms with Gasteiger partial charge in [-0.3, -0.25) is 0 Å². The molecule has 1 aromatic rings. The number of hydrogen-bond acceptors (Lipinski definition) is 5. The summed E-state index contributed by atoms with van der Waals surface area (Å²) in [5, 5.41) is 20.3. The fourth-order valence-electron chi connectivity index (χ4n) is 0.321. The Morgan fingerprint density at radius 1 is 1.78 bits per heavy atom. The first-order valence-electron chi connectivity index (χ1n) is 2.08. The molecule has 48 valence electrons. The second-order valence-electron chi connectivity index (χ2n) is 1.25. The Kier molecular flexibility index (Phi) is 1.41. The Bertz CT molecular complexity index is 194. The second kappa shape index (κ2) is 2.23. The standard InChI is InChI=1S/C3H4N4O2/c1-2(9-8)3-4-6-7-5-3/h8H,1H2,(H,4,5,6,7). The van der Waals surface area contributed by atoms with Crippen LogP contribution in [0.15, 0.2) is 6.58 Å². The Morgan fingerprint density at radius 3 is 3.00 bits per heavy atom. The summed E-state index contributed by atoms with van der Waals surface area (Å²) in [5.41, 5.74) is 0. The van der Waals surface area contributed by atoms with Gasteiger partial charge in [0, 0.05) is 0 Å². The zero-order valence-electron chi connectivity index (χ0n) is 4.40. The summed E-state index contributed by atoms with van der Waals surface area (Å²) in [5.74, 6) is 0.0984. The summed E-state index contributed by atoms with van der Waals surface area (Å²) >= 11 is 0. The average Bonchev–Trinajstić information content (AvgIpc) is 2.37. The molecule has 0 aliphatic carbocycles. The first kappa shape index (κ1) is 5.70. The maximum atomic E-state index is 7.99. The van der Waals surface area contributed by atoms with Gasteiger partial charge in [-0.15, -0.1) is 10.2 Å². The molecule has 6 nitrogen and oxygen atoms in total. The zero-order valence-corrected chi connectivity index (χ0v) is 4.40. The predicted octanol–water partition coefficient (Wildman–Crippen LogP) is -0.340. The second-order valence-corrected chi connectivity index (χ2v) is 1.25. The fraction of sp³-hybridized carbons (Fsp3) is 0. The van der Waals surface area contributed by atoms with Crippen LogP contribution in [0.25, 0.3) is 5.76 Å². The summed E-state index contributed by atoms with van der Waals surface area (Å²) in [6.45, 7) is 3.26. The van der Waals surface area contributed by atoms with Gasteiger partial charge in [0.2, 0.25) is 11.6 Å². The third kappa shape index (κ3) is 1.03. The summed E-state index contributed by atoms with van der Waals surface area (Å²) in [6.07, 6.45) is 0. The van der Waals surface area contributed by atoms with Gasteiger partial charge >= 0.3 is 0 Å².